The minimum absolute atomic E-state index is 0.0654. The Labute approximate surface area is 165 Å². The fourth-order valence-corrected chi connectivity index (χ4v) is 3.02. The van der Waals surface area contributed by atoms with Crippen molar-refractivity contribution < 1.29 is 22.7 Å². The molecule has 1 unspecified atom stereocenters. The van der Waals surface area contributed by atoms with E-state index < -0.39 is 23.8 Å². The van der Waals surface area contributed by atoms with E-state index in [1.807, 2.05) is 30.3 Å². The van der Waals surface area contributed by atoms with Gasteiger partial charge < -0.3 is 10.1 Å². The average molecular weight is 408 g/mol. The molecule has 3 aromatic carbocycles. The number of benzene rings is 3. The Morgan fingerprint density at radius 3 is 2.54 bits per heavy atom. The number of anilines is 1. The van der Waals surface area contributed by atoms with Gasteiger partial charge in [0, 0.05) is 10.4 Å². The number of ether oxygens (including phenoxy) is 1. The summed E-state index contributed by atoms with van der Waals surface area (Å²) in [5, 5.41) is 4.01. The molecule has 0 fully saturated rings. The molecular weight excluding hydrogens is 391 g/mol. The first-order chi connectivity index (χ1) is 13.3. The van der Waals surface area contributed by atoms with Crippen molar-refractivity contribution in [1.29, 1.82) is 0 Å². The maximum absolute atomic E-state index is 13.2. The molecule has 0 spiro atoms. The first-order valence-corrected chi connectivity index (χ1v) is 8.99. The molecule has 0 aliphatic carbocycles. The van der Waals surface area contributed by atoms with E-state index in [0.29, 0.717) is 5.75 Å². The first kappa shape index (κ1) is 20.0. The molecule has 0 saturated heterocycles. The molecule has 0 aliphatic rings. The highest BCUT2D eigenvalue weighted by atomic mass is 35.5. The Kier molecular flexibility index (Phi) is 5.79. The summed E-state index contributed by atoms with van der Waals surface area (Å²) < 4.78 is 45.6. The van der Waals surface area contributed by atoms with Crippen molar-refractivity contribution in [2.24, 2.45) is 0 Å². The number of amides is 1. The van der Waals surface area contributed by atoms with Gasteiger partial charge in [-0.3, -0.25) is 4.79 Å². The Hall–Kier alpha value is -2.73. The van der Waals surface area contributed by atoms with Crippen LogP contribution in [0.15, 0.2) is 60.7 Å². The molecule has 1 N–H and O–H groups in total. The van der Waals surface area contributed by atoms with Gasteiger partial charge in [0.2, 0.25) is 0 Å². The summed E-state index contributed by atoms with van der Waals surface area (Å²) in [5.41, 5.74) is -1.37. The molecule has 1 amide bonds. The van der Waals surface area contributed by atoms with Gasteiger partial charge in [0.1, 0.15) is 5.75 Å². The molecule has 0 aliphatic heterocycles. The third-order valence-electron chi connectivity index (χ3n) is 4.23. The van der Waals surface area contributed by atoms with Crippen LogP contribution < -0.4 is 10.1 Å². The van der Waals surface area contributed by atoms with Gasteiger partial charge in [-0.15, -0.1) is 0 Å². The van der Waals surface area contributed by atoms with Crippen LogP contribution in [-0.2, 0) is 11.0 Å². The predicted molar refractivity (Wildman–Crippen MR) is 104 cm³/mol. The average Bonchev–Trinajstić information content (AvgIpc) is 2.66. The van der Waals surface area contributed by atoms with Gasteiger partial charge in [-0.05, 0) is 36.1 Å². The summed E-state index contributed by atoms with van der Waals surface area (Å²) in [6.45, 7) is 1.72. The van der Waals surface area contributed by atoms with Gasteiger partial charge in [0.05, 0.1) is 11.3 Å². The van der Waals surface area contributed by atoms with Crippen molar-refractivity contribution >= 4 is 34.0 Å². The quantitative estimate of drug-likeness (QED) is 0.538. The lowest BCUT2D eigenvalue weighted by atomic mass is 10.1. The van der Waals surface area contributed by atoms with E-state index >= 15 is 0 Å². The minimum atomic E-state index is -4.65. The first-order valence-electron chi connectivity index (χ1n) is 8.61. The maximum atomic E-state index is 13.2. The van der Waals surface area contributed by atoms with Gasteiger partial charge in [-0.25, -0.2) is 0 Å². The number of halogens is 4. The highest BCUT2D eigenvalue weighted by Crippen LogP contribution is 2.36. The van der Waals surface area contributed by atoms with Crippen LogP contribution in [0.25, 0.3) is 10.8 Å². The van der Waals surface area contributed by atoms with E-state index in [0.717, 1.165) is 22.9 Å². The second-order valence-electron chi connectivity index (χ2n) is 6.17. The second kappa shape index (κ2) is 8.10. The Balaban J connectivity index is 1.85. The topological polar surface area (TPSA) is 38.3 Å². The lowest BCUT2D eigenvalue weighted by Gasteiger charge is -2.20. The summed E-state index contributed by atoms with van der Waals surface area (Å²) in [6.07, 6.45) is -5.32. The molecule has 28 heavy (non-hydrogen) atoms. The zero-order valence-corrected chi connectivity index (χ0v) is 15.6. The van der Waals surface area contributed by atoms with Crippen LogP contribution in [0, 0.1) is 0 Å². The van der Waals surface area contributed by atoms with Crippen LogP contribution in [0.5, 0.6) is 5.75 Å². The van der Waals surface area contributed by atoms with Crippen LogP contribution in [0.1, 0.15) is 18.9 Å². The zero-order valence-electron chi connectivity index (χ0n) is 14.9. The number of fused-ring (bicyclic) bond motifs is 1. The molecule has 0 radical (unpaired) electrons. The summed E-state index contributed by atoms with van der Waals surface area (Å²) in [7, 11) is 0. The van der Waals surface area contributed by atoms with Crippen molar-refractivity contribution in [3.63, 3.8) is 0 Å². The fourth-order valence-electron chi connectivity index (χ4n) is 2.85. The van der Waals surface area contributed by atoms with Crippen LogP contribution in [-0.4, -0.2) is 12.0 Å². The van der Waals surface area contributed by atoms with Crippen molar-refractivity contribution in [3.8, 4) is 5.75 Å². The summed E-state index contributed by atoms with van der Waals surface area (Å²) in [5.74, 6) is -0.171. The number of hydrogen-bond acceptors (Lipinski definition) is 2. The van der Waals surface area contributed by atoms with E-state index in [4.69, 9.17) is 16.3 Å². The minimum Gasteiger partial charge on any atom is -0.480 e. The number of nitrogens with one attached hydrogen (secondary N) is 1. The molecule has 3 aromatic rings. The van der Waals surface area contributed by atoms with E-state index in [-0.39, 0.29) is 17.1 Å². The lowest BCUT2D eigenvalue weighted by Crippen LogP contribution is -2.33. The van der Waals surface area contributed by atoms with Crippen LogP contribution >= 0.6 is 11.6 Å². The van der Waals surface area contributed by atoms with Gasteiger partial charge in [-0.2, -0.15) is 13.2 Å². The molecule has 3 rings (SSSR count). The van der Waals surface area contributed by atoms with Crippen molar-refractivity contribution in [2.45, 2.75) is 25.6 Å². The highest BCUT2D eigenvalue weighted by molar-refractivity contribution is 6.30. The number of carbonyl (C=O) groups excluding carboxylic acids is 1. The van der Waals surface area contributed by atoms with Gasteiger partial charge in [0.15, 0.2) is 6.10 Å². The molecule has 0 heterocycles. The maximum Gasteiger partial charge on any atom is 0.418 e. The van der Waals surface area contributed by atoms with E-state index in [2.05, 4.69) is 5.32 Å². The lowest BCUT2D eigenvalue weighted by molar-refractivity contribution is -0.137. The van der Waals surface area contributed by atoms with Gasteiger partial charge in [-0.1, -0.05) is 54.9 Å². The molecule has 0 bridgehead atoms. The predicted octanol–water partition coefficient (Wildman–Crippen LogP) is 6.31. The van der Waals surface area contributed by atoms with Gasteiger partial charge >= 0.3 is 6.18 Å². The summed E-state index contributed by atoms with van der Waals surface area (Å²) >= 11 is 5.67. The molecule has 3 nitrogen and oxygen atoms in total. The molecular formula is C21H17ClF3NO2. The van der Waals surface area contributed by atoms with Crippen molar-refractivity contribution in [1.82, 2.24) is 0 Å². The molecule has 146 valence electrons. The fraction of sp³-hybridized carbons (Fsp3) is 0.190. The van der Waals surface area contributed by atoms with Crippen LogP contribution in [0.4, 0.5) is 18.9 Å². The van der Waals surface area contributed by atoms with E-state index in [1.165, 1.54) is 6.07 Å². The standard InChI is InChI=1S/C21H17ClF3NO2/c1-2-18(28-19-9-5-7-13-6-3-4-8-15(13)19)20(27)26-17-11-10-14(22)12-16(17)21(23,24)25/h3-12,18H,2H2,1H3,(H,26,27). The monoisotopic (exact) mass is 407 g/mol. The Morgan fingerprint density at radius 2 is 1.82 bits per heavy atom. The molecule has 0 saturated carbocycles. The molecule has 0 aromatic heterocycles. The SMILES string of the molecule is CCC(Oc1cccc2ccccc12)C(=O)Nc1ccc(Cl)cc1C(F)(F)F. The second-order valence-corrected chi connectivity index (χ2v) is 6.61. The largest absolute Gasteiger partial charge is 0.480 e. The van der Waals surface area contributed by atoms with Crippen LogP contribution in [0.2, 0.25) is 5.02 Å². The third kappa shape index (κ3) is 4.39. The molecule has 7 heteroatoms. The van der Waals surface area contributed by atoms with E-state index in [1.54, 1.807) is 19.1 Å². The van der Waals surface area contributed by atoms with E-state index in [9.17, 15) is 18.0 Å². The zero-order chi connectivity index (χ0) is 20.3. The third-order valence-corrected chi connectivity index (χ3v) is 4.46. The normalized spacial score (nSPS) is 12.6. The number of carbonyl (C=O) groups is 1. The number of hydrogen-bond donors (Lipinski definition) is 1. The summed E-state index contributed by atoms with van der Waals surface area (Å²) in [4.78, 5) is 12.6. The Bertz CT molecular complexity index is 999. The molecule has 1 atom stereocenters. The Morgan fingerprint density at radius 1 is 1.11 bits per heavy atom. The number of alkyl halides is 3. The highest BCUT2D eigenvalue weighted by Gasteiger charge is 2.34. The van der Waals surface area contributed by atoms with Gasteiger partial charge in [0.25, 0.3) is 5.91 Å². The van der Waals surface area contributed by atoms with Crippen molar-refractivity contribution in [2.75, 3.05) is 5.32 Å². The smallest absolute Gasteiger partial charge is 0.418 e. The van der Waals surface area contributed by atoms with Crippen LogP contribution in [0.3, 0.4) is 0 Å². The summed E-state index contributed by atoms with van der Waals surface area (Å²) in [6, 6.07) is 16.1. The number of rotatable bonds is 5. The van der Waals surface area contributed by atoms with Crippen molar-refractivity contribution in [3.05, 3.63) is 71.2 Å².